The predicted octanol–water partition coefficient (Wildman–Crippen LogP) is 2.78. The van der Waals surface area contributed by atoms with E-state index in [4.69, 9.17) is 14.8 Å². The number of rotatable bonds is 6. The summed E-state index contributed by atoms with van der Waals surface area (Å²) in [5.74, 6) is 2.31. The molecule has 0 spiro atoms. The zero-order valence-corrected chi connectivity index (χ0v) is 14.4. The Labute approximate surface area is 150 Å². The van der Waals surface area contributed by atoms with Gasteiger partial charge in [-0.25, -0.2) is 9.67 Å². The molecular formula is C19H18N6O. The Bertz CT molecular complexity index is 978. The van der Waals surface area contributed by atoms with Gasteiger partial charge in [-0.05, 0) is 30.3 Å². The molecule has 3 heterocycles. The number of aryl methyl sites for hydroxylation is 2. The smallest absolute Gasteiger partial charge is 0.181 e. The lowest BCUT2D eigenvalue weighted by Crippen LogP contribution is -2.08. The van der Waals surface area contributed by atoms with Crippen LogP contribution in [0.15, 0.2) is 67.3 Å². The van der Waals surface area contributed by atoms with E-state index < -0.39 is 0 Å². The Kier molecular flexibility index (Phi) is 4.42. The van der Waals surface area contributed by atoms with Gasteiger partial charge in [-0.1, -0.05) is 6.07 Å². The summed E-state index contributed by atoms with van der Waals surface area (Å²) in [6, 6.07) is 13.5. The number of methoxy groups -OCH3 is 1. The number of hydrogen-bond acceptors (Lipinski definition) is 5. The van der Waals surface area contributed by atoms with Crippen LogP contribution in [0.2, 0.25) is 0 Å². The van der Waals surface area contributed by atoms with E-state index in [1.54, 1.807) is 25.7 Å². The maximum absolute atomic E-state index is 5.34. The second-order valence-electron chi connectivity index (χ2n) is 5.72. The molecule has 4 aromatic rings. The van der Waals surface area contributed by atoms with E-state index in [-0.39, 0.29) is 0 Å². The summed E-state index contributed by atoms with van der Waals surface area (Å²) >= 11 is 0. The van der Waals surface area contributed by atoms with Crippen LogP contribution in [0.5, 0.6) is 5.75 Å². The average molecular weight is 346 g/mol. The van der Waals surface area contributed by atoms with E-state index in [9.17, 15) is 0 Å². The molecule has 0 amide bonds. The van der Waals surface area contributed by atoms with Gasteiger partial charge in [-0.2, -0.15) is 5.10 Å². The normalized spacial score (nSPS) is 10.8. The first kappa shape index (κ1) is 16.0. The van der Waals surface area contributed by atoms with Crippen molar-refractivity contribution in [3.8, 4) is 22.8 Å². The first-order valence-corrected chi connectivity index (χ1v) is 8.32. The summed E-state index contributed by atoms with van der Waals surface area (Å²) in [6.45, 7) is 0.728. The Hall–Kier alpha value is -3.48. The van der Waals surface area contributed by atoms with Gasteiger partial charge in [0.15, 0.2) is 5.82 Å². The van der Waals surface area contributed by atoms with E-state index in [2.05, 4.69) is 10.1 Å². The number of hydrogen-bond donors (Lipinski definition) is 0. The van der Waals surface area contributed by atoms with Crippen molar-refractivity contribution >= 4 is 0 Å². The fourth-order valence-corrected chi connectivity index (χ4v) is 2.73. The summed E-state index contributed by atoms with van der Waals surface area (Å²) < 4.78 is 9.09. The molecule has 130 valence electrons. The molecule has 1 aromatic carbocycles. The van der Waals surface area contributed by atoms with Crippen molar-refractivity contribution in [2.45, 2.75) is 13.0 Å². The van der Waals surface area contributed by atoms with Crippen LogP contribution >= 0.6 is 0 Å². The summed E-state index contributed by atoms with van der Waals surface area (Å²) in [5, 5.41) is 8.98. The minimum Gasteiger partial charge on any atom is -0.497 e. The molecule has 0 aliphatic heterocycles. The van der Waals surface area contributed by atoms with E-state index in [1.165, 1.54) is 0 Å². The Morgan fingerprint density at radius 1 is 1.04 bits per heavy atom. The van der Waals surface area contributed by atoms with Crippen molar-refractivity contribution < 1.29 is 4.74 Å². The van der Waals surface area contributed by atoms with Crippen LogP contribution in [0, 0.1) is 0 Å². The topological polar surface area (TPSA) is 70.7 Å². The molecule has 0 aliphatic rings. The van der Waals surface area contributed by atoms with Gasteiger partial charge >= 0.3 is 0 Å². The third kappa shape index (κ3) is 3.32. The molecule has 0 saturated carbocycles. The number of ether oxygens (including phenoxy) is 1. The molecule has 0 atom stereocenters. The second-order valence-corrected chi connectivity index (χ2v) is 5.72. The predicted molar refractivity (Wildman–Crippen MR) is 97.1 cm³/mol. The molecule has 0 unspecified atom stereocenters. The van der Waals surface area contributed by atoms with Crippen molar-refractivity contribution in [1.82, 2.24) is 29.5 Å². The summed E-state index contributed by atoms with van der Waals surface area (Å²) in [7, 11) is 1.65. The quantitative estimate of drug-likeness (QED) is 0.537. The third-order valence-electron chi connectivity index (χ3n) is 4.03. The average Bonchev–Trinajstić information content (AvgIpc) is 3.37. The van der Waals surface area contributed by atoms with Gasteiger partial charge in [0.2, 0.25) is 0 Å². The number of aromatic nitrogens is 6. The fourth-order valence-electron chi connectivity index (χ4n) is 2.73. The second kappa shape index (κ2) is 7.18. The highest BCUT2D eigenvalue weighted by atomic mass is 16.5. The maximum Gasteiger partial charge on any atom is 0.181 e. The Morgan fingerprint density at radius 3 is 2.69 bits per heavy atom. The molecular weight excluding hydrogens is 328 g/mol. The fraction of sp³-hybridized carbons (Fsp3) is 0.158. The molecule has 0 bridgehead atoms. The molecule has 0 N–H and O–H groups in total. The van der Waals surface area contributed by atoms with Crippen LogP contribution in [0.1, 0.15) is 5.82 Å². The molecule has 7 heteroatoms. The van der Waals surface area contributed by atoms with Gasteiger partial charge < -0.3 is 4.74 Å². The first-order valence-electron chi connectivity index (χ1n) is 8.32. The molecule has 0 fully saturated rings. The van der Waals surface area contributed by atoms with E-state index in [0.29, 0.717) is 12.2 Å². The van der Waals surface area contributed by atoms with Gasteiger partial charge in [0, 0.05) is 49.4 Å². The van der Waals surface area contributed by atoms with Crippen LogP contribution in [0.3, 0.4) is 0 Å². The van der Waals surface area contributed by atoms with Crippen molar-refractivity contribution in [3.05, 3.63) is 73.1 Å². The van der Waals surface area contributed by atoms with Crippen LogP contribution in [0.4, 0.5) is 0 Å². The van der Waals surface area contributed by atoms with Gasteiger partial charge in [0.25, 0.3) is 0 Å². The van der Waals surface area contributed by atoms with Gasteiger partial charge in [-0.15, -0.1) is 5.10 Å². The highest BCUT2D eigenvalue weighted by molar-refractivity contribution is 5.54. The largest absolute Gasteiger partial charge is 0.497 e. The zero-order valence-electron chi connectivity index (χ0n) is 14.4. The maximum atomic E-state index is 5.34. The summed E-state index contributed by atoms with van der Waals surface area (Å²) in [6.07, 6.45) is 7.90. The molecule has 0 radical (unpaired) electrons. The molecule has 4 rings (SSSR count). The Balaban J connectivity index is 1.73. The lowest BCUT2D eigenvalue weighted by molar-refractivity contribution is 0.414. The van der Waals surface area contributed by atoms with Gasteiger partial charge in [-0.3, -0.25) is 9.67 Å². The van der Waals surface area contributed by atoms with E-state index in [0.717, 1.165) is 29.4 Å². The highest BCUT2D eigenvalue weighted by Gasteiger charge is 2.14. The minimum absolute atomic E-state index is 0.672. The number of benzene rings is 1. The number of pyridine rings is 1. The molecule has 3 aromatic heterocycles. The van der Waals surface area contributed by atoms with E-state index >= 15 is 0 Å². The van der Waals surface area contributed by atoms with Crippen LogP contribution in [-0.4, -0.2) is 36.6 Å². The lowest BCUT2D eigenvalue weighted by atomic mass is 10.2. The molecule has 7 nitrogen and oxygen atoms in total. The summed E-state index contributed by atoms with van der Waals surface area (Å²) in [4.78, 5) is 8.81. The molecule has 0 aliphatic carbocycles. The third-order valence-corrected chi connectivity index (χ3v) is 4.03. The van der Waals surface area contributed by atoms with Crippen LogP contribution < -0.4 is 4.74 Å². The lowest BCUT2D eigenvalue weighted by Gasteiger charge is -2.07. The van der Waals surface area contributed by atoms with Crippen molar-refractivity contribution in [2.24, 2.45) is 0 Å². The SMILES string of the molecule is COc1cccc(-n2nc(-c3ccncc3)nc2CCn2cccn2)c1. The Morgan fingerprint density at radius 2 is 1.92 bits per heavy atom. The molecule has 26 heavy (non-hydrogen) atoms. The zero-order chi connectivity index (χ0) is 17.8. The van der Waals surface area contributed by atoms with Crippen molar-refractivity contribution in [1.29, 1.82) is 0 Å². The monoisotopic (exact) mass is 346 g/mol. The van der Waals surface area contributed by atoms with Crippen LogP contribution in [0.25, 0.3) is 17.1 Å². The standard InChI is InChI=1S/C19H18N6O/c1-26-17-5-2-4-16(14-17)25-18(8-13-24-12-3-9-21-24)22-19(23-25)15-6-10-20-11-7-15/h2-7,9-12,14H,8,13H2,1H3. The van der Waals surface area contributed by atoms with Gasteiger partial charge in [0.05, 0.1) is 12.8 Å². The first-order chi connectivity index (χ1) is 12.8. The van der Waals surface area contributed by atoms with Gasteiger partial charge in [0.1, 0.15) is 11.6 Å². The van der Waals surface area contributed by atoms with Crippen molar-refractivity contribution in [2.75, 3.05) is 7.11 Å². The van der Waals surface area contributed by atoms with E-state index in [1.807, 2.05) is 58.0 Å². The van der Waals surface area contributed by atoms with Crippen molar-refractivity contribution in [3.63, 3.8) is 0 Å². The highest BCUT2D eigenvalue weighted by Crippen LogP contribution is 2.21. The van der Waals surface area contributed by atoms with Crippen LogP contribution in [-0.2, 0) is 13.0 Å². The number of nitrogens with zero attached hydrogens (tertiary/aromatic N) is 6. The minimum atomic E-state index is 0.672. The summed E-state index contributed by atoms with van der Waals surface area (Å²) in [5.41, 5.74) is 1.84. The molecule has 0 saturated heterocycles.